The van der Waals surface area contributed by atoms with Gasteiger partial charge in [-0.3, -0.25) is 28.8 Å². The third kappa shape index (κ3) is 18.0. The minimum atomic E-state index is -3.37. The van der Waals surface area contributed by atoms with Crippen molar-refractivity contribution in [3.63, 3.8) is 0 Å². The van der Waals surface area contributed by atoms with Crippen molar-refractivity contribution in [3.05, 3.63) is 30.3 Å². The Kier molecular flexibility index (Phi) is 18.8. The van der Waals surface area contributed by atoms with Gasteiger partial charge in [0.15, 0.2) is 16.6 Å². The highest BCUT2D eigenvalue weighted by molar-refractivity contribution is 6.95. The Morgan fingerprint density at radius 2 is 0.865 bits per heavy atom. The summed E-state index contributed by atoms with van der Waals surface area (Å²) in [6, 6.07) is 10.6. The zero-order valence-electron chi connectivity index (χ0n) is 31.0. The molecule has 0 amide bonds. The number of rotatable bonds is 28. The first-order valence-corrected chi connectivity index (χ1v) is 28.5. The van der Waals surface area contributed by atoms with Crippen LogP contribution in [0, 0.1) is 17.8 Å². The normalized spacial score (nSPS) is 16.1. The minimum absolute atomic E-state index is 0.0696. The highest BCUT2D eigenvalue weighted by atomic mass is 28.5. The van der Waals surface area contributed by atoms with Crippen molar-refractivity contribution in [2.45, 2.75) is 115 Å². The fourth-order valence-electron chi connectivity index (χ4n) is 6.42. The van der Waals surface area contributed by atoms with Crippen LogP contribution in [0.15, 0.2) is 30.3 Å². The Bertz CT molecular complexity index is 1380. The van der Waals surface area contributed by atoms with E-state index in [0.29, 0.717) is 31.0 Å². The van der Waals surface area contributed by atoms with E-state index in [2.05, 4.69) is 0 Å². The average molecular weight is 805 g/mol. The molecule has 1 aromatic rings. The Morgan fingerprint density at radius 1 is 0.519 bits per heavy atom. The largest absolute Gasteiger partial charge is 0.481 e. The molecular formula is C33H56O15Si4. The van der Waals surface area contributed by atoms with Gasteiger partial charge in [-0.15, -0.1) is 0 Å². The predicted octanol–water partition coefficient (Wildman–Crippen LogP) is 5.36. The van der Waals surface area contributed by atoms with Crippen molar-refractivity contribution in [1.82, 2.24) is 0 Å². The maximum absolute atomic E-state index is 11.8. The molecule has 1 aromatic carbocycles. The Hall–Kier alpha value is -3.21. The average Bonchev–Trinajstić information content (AvgIpc) is 2.98. The summed E-state index contributed by atoms with van der Waals surface area (Å²) in [6.07, 6.45) is -0.0250. The SMILES string of the molecule is C[Si](C)(CCCC(CC(=O)O)C(=O)O)O[Si](C)(CCCC(CC(=O)O)C(=O)O)O[Si](C)(O[Si](C)(C)CCCC(CC(=O)O)C(=O)O)c1ccccc1. The van der Waals surface area contributed by atoms with Crippen LogP contribution in [0.25, 0.3) is 0 Å². The summed E-state index contributed by atoms with van der Waals surface area (Å²) >= 11 is 0. The van der Waals surface area contributed by atoms with Gasteiger partial charge in [0, 0.05) is 0 Å². The van der Waals surface area contributed by atoms with Crippen LogP contribution < -0.4 is 5.19 Å². The summed E-state index contributed by atoms with van der Waals surface area (Å²) in [6.45, 7) is 11.6. The van der Waals surface area contributed by atoms with Crippen molar-refractivity contribution in [2.75, 3.05) is 0 Å². The molecule has 6 N–H and O–H groups in total. The van der Waals surface area contributed by atoms with Crippen LogP contribution in [-0.2, 0) is 41.1 Å². The maximum atomic E-state index is 11.8. The topological polar surface area (TPSA) is 251 Å². The second kappa shape index (κ2) is 20.9. The number of carboxylic acid groups (broad SMARTS) is 6. The molecule has 0 aliphatic heterocycles. The molecule has 0 spiro atoms. The molecule has 0 aliphatic carbocycles. The van der Waals surface area contributed by atoms with Gasteiger partial charge in [0.05, 0.1) is 37.0 Å². The van der Waals surface area contributed by atoms with Gasteiger partial charge in [-0.2, -0.15) is 0 Å². The predicted molar refractivity (Wildman–Crippen MR) is 200 cm³/mol. The summed E-state index contributed by atoms with van der Waals surface area (Å²) in [5, 5.41) is 57.0. The molecule has 0 saturated carbocycles. The Labute approximate surface area is 309 Å². The summed E-state index contributed by atoms with van der Waals surface area (Å²) in [5.74, 6) is -10.4. The lowest BCUT2D eigenvalue weighted by atomic mass is 10.0. The van der Waals surface area contributed by atoms with Gasteiger partial charge in [-0.1, -0.05) is 49.6 Å². The zero-order chi connectivity index (χ0) is 39.9. The summed E-state index contributed by atoms with van der Waals surface area (Å²) in [4.78, 5) is 68.9. The molecule has 19 heteroatoms. The number of carboxylic acids is 6. The number of aliphatic carboxylic acids is 6. The molecule has 15 nitrogen and oxygen atoms in total. The molecule has 0 saturated heterocycles. The van der Waals surface area contributed by atoms with Gasteiger partial charge < -0.3 is 43.0 Å². The smallest absolute Gasteiger partial charge is 0.350 e. The second-order valence-corrected chi connectivity index (χ2v) is 30.6. The fraction of sp³-hybridized carbons (Fsp3) is 0.636. The molecule has 0 heterocycles. The van der Waals surface area contributed by atoms with Crippen LogP contribution >= 0.6 is 0 Å². The zero-order valence-corrected chi connectivity index (χ0v) is 35.0. The third-order valence-corrected chi connectivity index (χ3v) is 25.6. The van der Waals surface area contributed by atoms with E-state index in [4.69, 9.17) is 22.6 Å². The molecule has 5 unspecified atom stereocenters. The second-order valence-electron chi connectivity index (χ2n) is 14.8. The van der Waals surface area contributed by atoms with E-state index in [-0.39, 0.29) is 25.7 Å². The number of hydrogen-bond acceptors (Lipinski definition) is 9. The minimum Gasteiger partial charge on any atom is -0.481 e. The molecule has 0 radical (unpaired) electrons. The van der Waals surface area contributed by atoms with Crippen LogP contribution in [0.3, 0.4) is 0 Å². The number of hydrogen-bond donors (Lipinski definition) is 6. The van der Waals surface area contributed by atoms with E-state index in [1.807, 2.05) is 69.6 Å². The maximum Gasteiger partial charge on any atom is 0.350 e. The van der Waals surface area contributed by atoms with E-state index in [9.17, 15) is 49.2 Å². The summed E-state index contributed by atoms with van der Waals surface area (Å²) in [5.41, 5.74) is 0. The molecule has 294 valence electrons. The lowest BCUT2D eigenvalue weighted by Gasteiger charge is -2.44. The Balaban J connectivity index is 3.43. The highest BCUT2D eigenvalue weighted by Gasteiger charge is 2.49. The monoisotopic (exact) mass is 804 g/mol. The molecule has 52 heavy (non-hydrogen) atoms. The van der Waals surface area contributed by atoms with Gasteiger partial charge in [-0.05, 0) is 81.9 Å². The molecule has 0 bridgehead atoms. The van der Waals surface area contributed by atoms with E-state index in [0.717, 1.165) is 5.19 Å². The van der Waals surface area contributed by atoms with E-state index >= 15 is 0 Å². The summed E-state index contributed by atoms with van der Waals surface area (Å²) < 4.78 is 21.1. The first-order valence-electron chi connectivity index (χ1n) is 17.4. The van der Waals surface area contributed by atoms with Crippen molar-refractivity contribution < 1.29 is 71.8 Å². The quantitative estimate of drug-likeness (QED) is 0.0583. The van der Waals surface area contributed by atoms with Gasteiger partial charge in [0.2, 0.25) is 0 Å². The van der Waals surface area contributed by atoms with Crippen LogP contribution in [0.1, 0.15) is 57.8 Å². The molecule has 1 rings (SSSR count). The van der Waals surface area contributed by atoms with Crippen molar-refractivity contribution >= 4 is 74.8 Å². The lowest BCUT2D eigenvalue weighted by Crippen LogP contribution is -2.64. The molecule has 5 atom stereocenters. The highest BCUT2D eigenvalue weighted by Crippen LogP contribution is 2.33. The molecular weight excluding hydrogens is 749 g/mol. The number of benzene rings is 1. The van der Waals surface area contributed by atoms with Crippen LogP contribution in [-0.4, -0.2) is 100 Å². The first-order chi connectivity index (χ1) is 23.9. The molecule has 0 aliphatic rings. The molecule has 0 aromatic heterocycles. The van der Waals surface area contributed by atoms with Gasteiger partial charge in [0.1, 0.15) is 0 Å². The third-order valence-electron chi connectivity index (χ3n) is 8.83. The van der Waals surface area contributed by atoms with Gasteiger partial charge >= 0.3 is 52.9 Å². The van der Waals surface area contributed by atoms with Crippen molar-refractivity contribution in [2.24, 2.45) is 17.8 Å². The van der Waals surface area contributed by atoms with Gasteiger partial charge in [-0.25, -0.2) is 0 Å². The first kappa shape index (κ1) is 46.8. The van der Waals surface area contributed by atoms with E-state index in [1.54, 1.807) is 0 Å². The van der Waals surface area contributed by atoms with Crippen LogP contribution in [0.5, 0.6) is 0 Å². The van der Waals surface area contributed by atoms with E-state index < -0.39 is 107 Å². The van der Waals surface area contributed by atoms with Crippen molar-refractivity contribution in [1.29, 1.82) is 0 Å². The van der Waals surface area contributed by atoms with Gasteiger partial charge in [0.25, 0.3) is 0 Å². The standard InChI is InChI=1S/C33H56O15Si4/c1-49(2,18-10-13-24(31(40)41)21-28(34)35)46-51(5,20-12-15-26(33(44)45)23-30(38)39)48-52(6,27-16-8-7-9-17-27)47-50(3,4)19-11-14-25(32(42)43)22-29(36)37/h7-9,16-17,24-26H,10-15,18-23H2,1-6H3,(H,34,35)(H,36,37)(H,38,39)(H,40,41)(H,42,43)(H,44,45). The van der Waals surface area contributed by atoms with E-state index in [1.165, 1.54) is 0 Å². The lowest BCUT2D eigenvalue weighted by molar-refractivity contribution is -0.148. The number of carbonyl (C=O) groups is 6. The Morgan fingerprint density at radius 3 is 1.21 bits per heavy atom. The van der Waals surface area contributed by atoms with Crippen molar-refractivity contribution in [3.8, 4) is 0 Å². The fourth-order valence-corrected chi connectivity index (χ4v) is 26.0. The summed E-state index contributed by atoms with van der Waals surface area (Å²) in [7, 11) is -12.0. The molecule has 0 fully saturated rings. The van der Waals surface area contributed by atoms with Crippen LogP contribution in [0.2, 0.25) is 57.4 Å². The van der Waals surface area contributed by atoms with Crippen LogP contribution in [0.4, 0.5) is 0 Å².